The average Bonchev–Trinajstić information content (AvgIpc) is 2.91. The maximum atomic E-state index is 12.4. The lowest BCUT2D eigenvalue weighted by Crippen LogP contribution is -2.26. The Morgan fingerprint density at radius 3 is 2.27 bits per heavy atom. The van der Waals surface area contributed by atoms with E-state index in [2.05, 4.69) is 42.8 Å². The molecule has 0 saturated heterocycles. The van der Waals surface area contributed by atoms with Gasteiger partial charge in [-0.05, 0) is 88.8 Å². The third-order valence-electron chi connectivity index (χ3n) is 7.56. The van der Waals surface area contributed by atoms with Crippen LogP contribution in [0.4, 0.5) is 4.79 Å². The van der Waals surface area contributed by atoms with Crippen LogP contribution in [-0.4, -0.2) is 18.9 Å². The van der Waals surface area contributed by atoms with Crippen molar-refractivity contribution in [3.63, 3.8) is 0 Å². The zero-order valence-corrected chi connectivity index (χ0v) is 24.6. The maximum absolute atomic E-state index is 12.4. The highest BCUT2D eigenvalue weighted by atomic mass is 79.9. The van der Waals surface area contributed by atoms with Gasteiger partial charge in [-0.25, -0.2) is 4.79 Å². The topological polar surface area (TPSA) is 44.8 Å². The highest BCUT2D eigenvalue weighted by Gasteiger charge is 2.24. The van der Waals surface area contributed by atoms with E-state index in [9.17, 15) is 4.79 Å². The molecule has 0 amide bonds. The number of ether oxygens (including phenoxy) is 3. The van der Waals surface area contributed by atoms with Gasteiger partial charge in [0.25, 0.3) is 0 Å². The molecule has 5 heteroatoms. The fraction of sp³-hybridized carbons (Fsp3) is 0.594. The fourth-order valence-corrected chi connectivity index (χ4v) is 5.36. The van der Waals surface area contributed by atoms with Gasteiger partial charge in [-0.2, -0.15) is 0 Å². The Morgan fingerprint density at radius 2 is 1.59 bits per heavy atom. The van der Waals surface area contributed by atoms with Gasteiger partial charge in [0.05, 0.1) is 11.1 Å². The molecule has 2 aromatic rings. The van der Waals surface area contributed by atoms with Gasteiger partial charge in [0.1, 0.15) is 17.6 Å². The van der Waals surface area contributed by atoms with Gasteiger partial charge in [-0.1, -0.05) is 90.3 Å². The first-order valence-corrected chi connectivity index (χ1v) is 15.2. The van der Waals surface area contributed by atoms with Crippen LogP contribution in [-0.2, 0) is 4.74 Å². The summed E-state index contributed by atoms with van der Waals surface area (Å²) in [4.78, 5) is 12.4. The lowest BCUT2D eigenvalue weighted by molar-refractivity contribution is 0.0329. The molecule has 0 aromatic heterocycles. The van der Waals surface area contributed by atoms with Crippen molar-refractivity contribution in [1.82, 2.24) is 0 Å². The van der Waals surface area contributed by atoms with E-state index < -0.39 is 6.16 Å². The molecule has 1 fully saturated rings. The van der Waals surface area contributed by atoms with Crippen LogP contribution in [0.1, 0.15) is 97.8 Å². The summed E-state index contributed by atoms with van der Waals surface area (Å²) in [5, 5.41) is 0. The van der Waals surface area contributed by atoms with Crippen LogP contribution < -0.4 is 9.47 Å². The number of carbonyl (C=O) groups is 1. The number of benzene rings is 2. The van der Waals surface area contributed by atoms with Gasteiger partial charge in [-0.15, -0.1) is 0 Å². The molecule has 0 radical (unpaired) electrons. The summed E-state index contributed by atoms with van der Waals surface area (Å²) >= 11 is 3.63. The van der Waals surface area contributed by atoms with Gasteiger partial charge in [0.15, 0.2) is 0 Å². The number of rotatable bonds is 14. The Labute approximate surface area is 232 Å². The van der Waals surface area contributed by atoms with E-state index in [1.807, 2.05) is 36.4 Å². The smallest absolute Gasteiger partial charge is 0.492 e. The largest absolute Gasteiger partial charge is 0.514 e. The molecule has 37 heavy (non-hydrogen) atoms. The van der Waals surface area contributed by atoms with Crippen molar-refractivity contribution in [2.45, 2.75) is 104 Å². The van der Waals surface area contributed by atoms with Crippen molar-refractivity contribution in [2.75, 3.05) is 6.61 Å². The molecule has 4 nitrogen and oxygen atoms in total. The minimum atomic E-state index is -0.599. The van der Waals surface area contributed by atoms with Crippen LogP contribution in [0, 0.1) is 11.8 Å². The van der Waals surface area contributed by atoms with Crippen LogP contribution in [0.2, 0.25) is 0 Å². The van der Waals surface area contributed by atoms with Crippen LogP contribution in [0.15, 0.2) is 46.9 Å². The number of unbranched alkanes of at least 4 members (excludes halogenated alkanes) is 5. The van der Waals surface area contributed by atoms with Crippen LogP contribution in [0.5, 0.6) is 11.5 Å². The first-order valence-electron chi connectivity index (χ1n) is 14.4. The standard InChI is InChI=1S/C32H45BrO4/c1-4-6-7-8-9-10-11-25-12-17-28(18-13-25)36-32(34)37-29-19-14-26(15-20-29)27-16-21-31(30(33)22-27)35-23-24(3)5-2/h14-16,19-22,24-25,28H,4-13,17-18,23H2,1-3H3. The minimum Gasteiger partial charge on any atom is -0.492 e. The van der Waals surface area contributed by atoms with Crippen molar-refractivity contribution in [2.24, 2.45) is 11.8 Å². The molecule has 1 unspecified atom stereocenters. The maximum Gasteiger partial charge on any atom is 0.514 e. The Bertz CT molecular complexity index is 934. The van der Waals surface area contributed by atoms with Crippen molar-refractivity contribution >= 4 is 22.1 Å². The van der Waals surface area contributed by atoms with Crippen LogP contribution in [0.25, 0.3) is 11.1 Å². The zero-order valence-electron chi connectivity index (χ0n) is 23.0. The summed E-state index contributed by atoms with van der Waals surface area (Å²) in [6.45, 7) is 7.32. The Kier molecular flexibility index (Phi) is 12.8. The van der Waals surface area contributed by atoms with E-state index in [1.165, 1.54) is 44.9 Å². The number of hydrogen-bond donors (Lipinski definition) is 0. The predicted molar refractivity (Wildman–Crippen MR) is 155 cm³/mol. The molecule has 3 rings (SSSR count). The second kappa shape index (κ2) is 16.1. The molecular formula is C32H45BrO4. The normalized spacial score (nSPS) is 18.3. The molecule has 1 aliphatic carbocycles. The van der Waals surface area contributed by atoms with E-state index in [-0.39, 0.29) is 6.10 Å². The molecule has 1 saturated carbocycles. The number of halogens is 1. The van der Waals surface area contributed by atoms with Crippen molar-refractivity contribution in [3.05, 3.63) is 46.9 Å². The first kappa shape index (κ1) is 29.5. The van der Waals surface area contributed by atoms with Gasteiger partial charge in [0.2, 0.25) is 0 Å². The third-order valence-corrected chi connectivity index (χ3v) is 8.18. The van der Waals surface area contributed by atoms with Crippen molar-refractivity contribution in [1.29, 1.82) is 0 Å². The van der Waals surface area contributed by atoms with E-state index in [0.717, 1.165) is 59.4 Å². The number of carbonyl (C=O) groups excluding carboxylic acids is 1. The van der Waals surface area contributed by atoms with E-state index in [4.69, 9.17) is 14.2 Å². The van der Waals surface area contributed by atoms with Gasteiger partial charge in [-0.3, -0.25) is 0 Å². The van der Waals surface area contributed by atoms with Crippen LogP contribution in [0.3, 0.4) is 0 Å². The second-order valence-corrected chi connectivity index (χ2v) is 11.5. The molecule has 0 bridgehead atoms. The highest BCUT2D eigenvalue weighted by molar-refractivity contribution is 9.10. The first-order chi connectivity index (χ1) is 18.0. The molecule has 204 valence electrons. The monoisotopic (exact) mass is 572 g/mol. The highest BCUT2D eigenvalue weighted by Crippen LogP contribution is 2.33. The van der Waals surface area contributed by atoms with Gasteiger partial charge < -0.3 is 14.2 Å². The molecule has 0 N–H and O–H groups in total. The summed E-state index contributed by atoms with van der Waals surface area (Å²) < 4.78 is 17.9. The summed E-state index contributed by atoms with van der Waals surface area (Å²) in [5.74, 6) is 2.66. The third kappa shape index (κ3) is 10.3. The van der Waals surface area contributed by atoms with E-state index >= 15 is 0 Å². The summed E-state index contributed by atoms with van der Waals surface area (Å²) in [6, 6.07) is 13.6. The summed E-state index contributed by atoms with van der Waals surface area (Å²) in [6.07, 6.45) is 14.1. The van der Waals surface area contributed by atoms with E-state index in [1.54, 1.807) is 0 Å². The number of hydrogen-bond acceptors (Lipinski definition) is 4. The summed E-state index contributed by atoms with van der Waals surface area (Å²) in [5.41, 5.74) is 2.10. The lowest BCUT2D eigenvalue weighted by Gasteiger charge is -2.28. The Hall–Kier alpha value is -2.01. The van der Waals surface area contributed by atoms with Gasteiger partial charge >= 0.3 is 6.16 Å². The molecule has 0 spiro atoms. The molecule has 2 aromatic carbocycles. The van der Waals surface area contributed by atoms with Crippen molar-refractivity contribution < 1.29 is 19.0 Å². The van der Waals surface area contributed by atoms with Gasteiger partial charge in [0, 0.05) is 0 Å². The van der Waals surface area contributed by atoms with Crippen LogP contribution >= 0.6 is 15.9 Å². The zero-order chi connectivity index (χ0) is 26.5. The molecule has 1 aliphatic rings. The average molecular weight is 574 g/mol. The Morgan fingerprint density at radius 1 is 0.919 bits per heavy atom. The minimum absolute atomic E-state index is 0.0222. The van der Waals surface area contributed by atoms with Crippen molar-refractivity contribution in [3.8, 4) is 22.6 Å². The fourth-order valence-electron chi connectivity index (χ4n) is 4.87. The second-order valence-electron chi connectivity index (χ2n) is 10.7. The SMILES string of the molecule is CCCCCCCCC1CCC(OC(=O)Oc2ccc(-c3ccc(OCC(C)CC)c(Br)c3)cc2)CC1. The van der Waals surface area contributed by atoms with E-state index in [0.29, 0.717) is 18.3 Å². The summed E-state index contributed by atoms with van der Waals surface area (Å²) in [7, 11) is 0. The molecular weight excluding hydrogens is 528 g/mol. The molecule has 0 heterocycles. The molecule has 1 atom stereocenters. The quantitative estimate of drug-likeness (QED) is 0.128. The molecule has 0 aliphatic heterocycles. The Balaban J connectivity index is 1.39. The lowest BCUT2D eigenvalue weighted by atomic mass is 9.84. The predicted octanol–water partition coefficient (Wildman–Crippen LogP) is 10.4.